The highest BCUT2D eigenvalue weighted by Crippen LogP contribution is 2.23. The molecule has 0 fully saturated rings. The van der Waals surface area contributed by atoms with Crippen LogP contribution in [0, 0.1) is 4.77 Å². The lowest BCUT2D eigenvalue weighted by atomic mass is 10.2. The number of para-hydroxylation sites is 2. The van der Waals surface area contributed by atoms with Gasteiger partial charge in [0.2, 0.25) is 10.7 Å². The lowest BCUT2D eigenvalue weighted by Gasteiger charge is -2.11. The van der Waals surface area contributed by atoms with Crippen LogP contribution in [-0.4, -0.2) is 32.0 Å². The van der Waals surface area contributed by atoms with Crippen LogP contribution in [0.25, 0.3) is 11.4 Å². The molecule has 3 N–H and O–H groups in total. The molecule has 2 heterocycles. The SMILES string of the molecule is CCOc1ccccc1NC(=O)Cn1nc(-c2ccncc2)n(N)c1=S. The normalized spacial score (nSPS) is 10.5. The van der Waals surface area contributed by atoms with Gasteiger partial charge in [0.25, 0.3) is 0 Å². The van der Waals surface area contributed by atoms with Crippen molar-refractivity contribution in [2.75, 3.05) is 17.8 Å². The zero-order chi connectivity index (χ0) is 18.5. The second kappa shape index (κ2) is 7.79. The summed E-state index contributed by atoms with van der Waals surface area (Å²) in [6, 6.07) is 10.8. The third-order valence-corrected chi connectivity index (χ3v) is 3.97. The molecule has 2 aromatic heterocycles. The van der Waals surface area contributed by atoms with Crippen LogP contribution in [-0.2, 0) is 11.3 Å². The van der Waals surface area contributed by atoms with Gasteiger partial charge in [-0.2, -0.15) is 0 Å². The van der Waals surface area contributed by atoms with Crippen molar-refractivity contribution in [3.8, 4) is 17.1 Å². The molecule has 0 aliphatic carbocycles. The van der Waals surface area contributed by atoms with Crippen molar-refractivity contribution in [3.63, 3.8) is 0 Å². The van der Waals surface area contributed by atoms with E-state index in [1.165, 1.54) is 9.36 Å². The number of anilines is 1. The van der Waals surface area contributed by atoms with Gasteiger partial charge >= 0.3 is 0 Å². The number of nitrogens with zero attached hydrogens (tertiary/aromatic N) is 4. The van der Waals surface area contributed by atoms with Gasteiger partial charge in [-0.3, -0.25) is 9.78 Å². The summed E-state index contributed by atoms with van der Waals surface area (Å²) < 4.78 is 8.39. The maximum atomic E-state index is 12.4. The highest BCUT2D eigenvalue weighted by molar-refractivity contribution is 7.71. The van der Waals surface area contributed by atoms with Crippen LogP contribution < -0.4 is 15.9 Å². The van der Waals surface area contributed by atoms with E-state index in [9.17, 15) is 4.79 Å². The van der Waals surface area contributed by atoms with Gasteiger partial charge in [-0.05, 0) is 43.4 Å². The van der Waals surface area contributed by atoms with Crippen LogP contribution >= 0.6 is 12.2 Å². The molecule has 1 amide bonds. The van der Waals surface area contributed by atoms with Crippen molar-refractivity contribution >= 4 is 23.8 Å². The second-order valence-electron chi connectivity index (χ2n) is 5.35. The molecule has 134 valence electrons. The van der Waals surface area contributed by atoms with E-state index in [-0.39, 0.29) is 17.2 Å². The van der Waals surface area contributed by atoms with E-state index < -0.39 is 0 Å². The van der Waals surface area contributed by atoms with E-state index in [4.69, 9.17) is 22.8 Å². The fraction of sp³-hybridized carbons (Fsp3) is 0.176. The Hall–Kier alpha value is -3.20. The van der Waals surface area contributed by atoms with Gasteiger partial charge in [-0.15, -0.1) is 5.10 Å². The number of benzene rings is 1. The Morgan fingerprint density at radius 2 is 2.00 bits per heavy atom. The number of nitrogens with one attached hydrogen (secondary N) is 1. The van der Waals surface area contributed by atoms with Gasteiger partial charge in [0.1, 0.15) is 12.3 Å². The van der Waals surface area contributed by atoms with Crippen LogP contribution in [0.2, 0.25) is 0 Å². The number of amides is 1. The number of hydrogen-bond donors (Lipinski definition) is 2. The number of nitrogens with two attached hydrogens (primary N) is 1. The summed E-state index contributed by atoms with van der Waals surface area (Å²) in [4.78, 5) is 16.4. The van der Waals surface area contributed by atoms with E-state index in [2.05, 4.69) is 15.4 Å². The number of aromatic nitrogens is 4. The number of pyridine rings is 1. The molecular formula is C17H18N6O2S. The van der Waals surface area contributed by atoms with E-state index in [1.54, 1.807) is 36.7 Å². The molecule has 3 aromatic rings. The molecule has 3 rings (SSSR count). The van der Waals surface area contributed by atoms with E-state index in [1.807, 2.05) is 19.1 Å². The van der Waals surface area contributed by atoms with E-state index in [0.717, 1.165) is 5.56 Å². The van der Waals surface area contributed by atoms with Crippen molar-refractivity contribution in [2.24, 2.45) is 0 Å². The third-order valence-electron chi connectivity index (χ3n) is 3.56. The second-order valence-corrected chi connectivity index (χ2v) is 5.71. The first-order valence-corrected chi connectivity index (χ1v) is 8.38. The Bertz CT molecular complexity index is 967. The zero-order valence-corrected chi connectivity index (χ0v) is 14.9. The summed E-state index contributed by atoms with van der Waals surface area (Å²) in [7, 11) is 0. The number of carbonyl (C=O) groups is 1. The summed E-state index contributed by atoms with van der Waals surface area (Å²) in [6.07, 6.45) is 3.27. The van der Waals surface area contributed by atoms with Crippen LogP contribution in [0.4, 0.5) is 5.69 Å². The molecule has 0 saturated heterocycles. The van der Waals surface area contributed by atoms with Crippen molar-refractivity contribution in [2.45, 2.75) is 13.5 Å². The average Bonchev–Trinajstić information content (AvgIpc) is 2.93. The summed E-state index contributed by atoms with van der Waals surface area (Å²) in [5.41, 5.74) is 1.35. The minimum atomic E-state index is -0.285. The van der Waals surface area contributed by atoms with Crippen molar-refractivity contribution in [3.05, 3.63) is 53.6 Å². The monoisotopic (exact) mass is 370 g/mol. The van der Waals surface area contributed by atoms with Crippen molar-refractivity contribution in [1.82, 2.24) is 19.4 Å². The zero-order valence-electron chi connectivity index (χ0n) is 14.1. The molecule has 0 radical (unpaired) electrons. The number of carbonyl (C=O) groups excluding carboxylic acids is 1. The predicted molar refractivity (Wildman–Crippen MR) is 101 cm³/mol. The third kappa shape index (κ3) is 3.72. The first-order valence-electron chi connectivity index (χ1n) is 7.97. The largest absolute Gasteiger partial charge is 0.492 e. The van der Waals surface area contributed by atoms with Crippen molar-refractivity contribution < 1.29 is 9.53 Å². The average molecular weight is 370 g/mol. The van der Waals surface area contributed by atoms with Crippen LogP contribution in [0.3, 0.4) is 0 Å². The standard InChI is InChI=1S/C17H18N6O2S/c1-2-25-14-6-4-3-5-13(14)20-15(24)11-22-17(26)23(18)16(21-22)12-7-9-19-10-8-12/h3-10H,2,11,18H2,1H3,(H,20,24). The summed E-state index contributed by atoms with van der Waals surface area (Å²) >= 11 is 5.28. The minimum absolute atomic E-state index is 0.0679. The van der Waals surface area contributed by atoms with Crippen LogP contribution in [0.15, 0.2) is 48.8 Å². The van der Waals surface area contributed by atoms with Gasteiger partial charge in [0.05, 0.1) is 12.3 Å². The quantitative estimate of drug-likeness (QED) is 0.510. The molecule has 0 unspecified atom stereocenters. The molecule has 0 spiro atoms. The molecule has 0 aliphatic heterocycles. The van der Waals surface area contributed by atoms with Gasteiger partial charge in [-0.25, -0.2) is 9.36 Å². The van der Waals surface area contributed by atoms with E-state index in [0.29, 0.717) is 23.9 Å². The Morgan fingerprint density at radius 3 is 2.73 bits per heavy atom. The van der Waals surface area contributed by atoms with Gasteiger partial charge in [0, 0.05) is 18.0 Å². The van der Waals surface area contributed by atoms with Gasteiger partial charge < -0.3 is 15.9 Å². The predicted octanol–water partition coefficient (Wildman–Crippen LogP) is 2.23. The van der Waals surface area contributed by atoms with Crippen molar-refractivity contribution in [1.29, 1.82) is 0 Å². The molecule has 1 aromatic carbocycles. The summed E-state index contributed by atoms with van der Waals surface area (Å²) in [5.74, 6) is 6.76. The smallest absolute Gasteiger partial charge is 0.246 e. The Kier molecular flexibility index (Phi) is 5.28. The lowest BCUT2D eigenvalue weighted by Crippen LogP contribution is -2.20. The summed E-state index contributed by atoms with van der Waals surface area (Å²) in [5, 5.41) is 7.16. The maximum absolute atomic E-state index is 12.4. The molecule has 0 bridgehead atoms. The number of ether oxygens (including phenoxy) is 1. The van der Waals surface area contributed by atoms with Gasteiger partial charge in [0.15, 0.2) is 5.82 Å². The Balaban J connectivity index is 1.80. The van der Waals surface area contributed by atoms with E-state index >= 15 is 0 Å². The molecule has 0 atom stereocenters. The maximum Gasteiger partial charge on any atom is 0.246 e. The number of hydrogen-bond acceptors (Lipinski definition) is 6. The first kappa shape index (κ1) is 17.6. The molecule has 8 nitrogen and oxygen atoms in total. The van der Waals surface area contributed by atoms with Gasteiger partial charge in [-0.1, -0.05) is 12.1 Å². The highest BCUT2D eigenvalue weighted by atomic mass is 32.1. The number of nitrogen functional groups attached to an aromatic ring is 1. The molecule has 0 saturated carbocycles. The molecular weight excluding hydrogens is 352 g/mol. The van der Waals surface area contributed by atoms with Crippen LogP contribution in [0.1, 0.15) is 6.92 Å². The number of rotatable bonds is 6. The highest BCUT2D eigenvalue weighted by Gasteiger charge is 2.14. The molecule has 9 heteroatoms. The fourth-order valence-corrected chi connectivity index (χ4v) is 2.59. The topological polar surface area (TPSA) is 100.0 Å². The minimum Gasteiger partial charge on any atom is -0.492 e. The van der Waals surface area contributed by atoms with Crippen LogP contribution in [0.5, 0.6) is 5.75 Å². The Morgan fingerprint density at radius 1 is 1.27 bits per heavy atom. The molecule has 26 heavy (non-hydrogen) atoms. The first-order chi connectivity index (χ1) is 12.6. The summed E-state index contributed by atoms with van der Waals surface area (Å²) in [6.45, 7) is 2.32. The lowest BCUT2D eigenvalue weighted by molar-refractivity contribution is -0.116. The molecule has 0 aliphatic rings. The fourth-order valence-electron chi connectivity index (χ4n) is 2.40. The Labute approximate surface area is 155 Å².